The average Bonchev–Trinajstić information content (AvgIpc) is 3.09. The van der Waals surface area contributed by atoms with Crippen LogP contribution in [0.1, 0.15) is 48.1 Å². The molecule has 26 heavy (non-hydrogen) atoms. The summed E-state index contributed by atoms with van der Waals surface area (Å²) in [4.78, 5) is 15.7. The Hall–Kier alpha value is -2.76. The molecule has 1 amide bonds. The number of nitrogens with one attached hydrogen (secondary N) is 2. The summed E-state index contributed by atoms with van der Waals surface area (Å²) >= 11 is 0. The van der Waals surface area contributed by atoms with Crippen LogP contribution in [-0.2, 0) is 12.0 Å². The molecule has 6 heteroatoms. The Bertz CT molecular complexity index is 763. The summed E-state index contributed by atoms with van der Waals surface area (Å²) < 4.78 is 5.38. The van der Waals surface area contributed by atoms with E-state index in [1.54, 1.807) is 12.1 Å². The monoisotopic (exact) mass is 354 g/mol. The molecule has 1 aliphatic carbocycles. The summed E-state index contributed by atoms with van der Waals surface area (Å²) in [6, 6.07) is 14.0. The number of amides is 1. The third-order valence-corrected chi connectivity index (χ3v) is 4.93. The number of furan rings is 1. The van der Waals surface area contributed by atoms with E-state index >= 15 is 0 Å². The Kier molecular flexibility index (Phi) is 5.61. The minimum Gasteiger partial charge on any atom is -0.454 e. The van der Waals surface area contributed by atoms with E-state index in [0.29, 0.717) is 12.3 Å². The molecule has 1 fully saturated rings. The third kappa shape index (κ3) is 4.07. The van der Waals surface area contributed by atoms with E-state index in [0.717, 1.165) is 19.0 Å². The Labute approximate surface area is 153 Å². The average molecular weight is 354 g/mol. The van der Waals surface area contributed by atoms with E-state index in [1.807, 2.05) is 6.92 Å². The molecule has 2 aromatic rings. The van der Waals surface area contributed by atoms with Crippen LogP contribution in [0.15, 0.2) is 51.9 Å². The molecule has 0 unspecified atom stereocenters. The number of nitrogens with zero attached hydrogens (tertiary/aromatic N) is 1. The minimum absolute atomic E-state index is 0.158. The molecule has 0 radical (unpaired) electrons. The fourth-order valence-corrected chi connectivity index (χ4v) is 3.31. The Morgan fingerprint density at radius 1 is 1.19 bits per heavy atom. The molecule has 0 bridgehead atoms. The van der Waals surface area contributed by atoms with Crippen molar-refractivity contribution in [2.75, 3.05) is 13.1 Å². The smallest absolute Gasteiger partial charge is 0.284 e. The quantitative estimate of drug-likeness (QED) is 0.526. The van der Waals surface area contributed by atoms with Gasteiger partial charge in [0.15, 0.2) is 11.7 Å². The Morgan fingerprint density at radius 2 is 1.96 bits per heavy atom. The second kappa shape index (κ2) is 8.08. The molecule has 6 nitrogen and oxygen atoms in total. The van der Waals surface area contributed by atoms with E-state index in [2.05, 4.69) is 46.0 Å². The normalized spacial score (nSPS) is 16.0. The number of benzene rings is 1. The largest absolute Gasteiger partial charge is 0.454 e. The molecular formula is C20H26N4O2. The van der Waals surface area contributed by atoms with Crippen molar-refractivity contribution in [1.82, 2.24) is 10.6 Å². The van der Waals surface area contributed by atoms with Crippen LogP contribution in [0.5, 0.6) is 0 Å². The summed E-state index contributed by atoms with van der Waals surface area (Å²) in [6.45, 7) is 3.99. The minimum atomic E-state index is -0.569. The summed E-state index contributed by atoms with van der Waals surface area (Å²) in [5.41, 5.74) is 6.77. The van der Waals surface area contributed by atoms with Gasteiger partial charge in [0, 0.05) is 18.5 Å². The number of hydrogen-bond acceptors (Lipinski definition) is 3. The van der Waals surface area contributed by atoms with E-state index in [4.69, 9.17) is 10.2 Å². The van der Waals surface area contributed by atoms with Gasteiger partial charge in [-0.1, -0.05) is 36.8 Å². The number of carbonyl (C=O) groups is 1. The molecule has 1 aromatic heterocycles. The molecule has 1 aliphatic rings. The molecule has 1 heterocycles. The second-order valence-corrected chi connectivity index (χ2v) is 6.68. The summed E-state index contributed by atoms with van der Waals surface area (Å²) in [7, 11) is 0. The van der Waals surface area contributed by atoms with Crippen LogP contribution in [0, 0.1) is 0 Å². The molecule has 0 atom stereocenters. The van der Waals surface area contributed by atoms with E-state index in [-0.39, 0.29) is 11.2 Å². The van der Waals surface area contributed by atoms with Crippen LogP contribution in [0.3, 0.4) is 0 Å². The molecule has 0 spiro atoms. The fraction of sp³-hybridized carbons (Fsp3) is 0.400. The Balaban J connectivity index is 1.65. The SMILES string of the molecule is CCNC(=NCc1ccc(C(N)=O)o1)NCC1(c2ccccc2)CCC1. The number of primary amides is 1. The van der Waals surface area contributed by atoms with Crippen molar-refractivity contribution >= 4 is 11.9 Å². The zero-order chi connectivity index (χ0) is 18.4. The highest BCUT2D eigenvalue weighted by molar-refractivity contribution is 5.89. The van der Waals surface area contributed by atoms with Gasteiger partial charge in [0.2, 0.25) is 0 Å². The zero-order valence-corrected chi connectivity index (χ0v) is 15.1. The van der Waals surface area contributed by atoms with E-state index in [1.165, 1.54) is 24.8 Å². The number of guanidine groups is 1. The van der Waals surface area contributed by atoms with Gasteiger partial charge in [-0.2, -0.15) is 0 Å². The standard InChI is InChI=1S/C20H26N4O2/c1-2-22-19(23-13-16-9-10-17(26-16)18(21)25)24-14-20(11-6-12-20)15-7-4-3-5-8-15/h3-5,7-10H,2,6,11-14H2,1H3,(H2,21,25)(H2,22,23,24). The van der Waals surface area contributed by atoms with Crippen molar-refractivity contribution < 1.29 is 9.21 Å². The van der Waals surface area contributed by atoms with Gasteiger partial charge in [-0.3, -0.25) is 4.79 Å². The van der Waals surface area contributed by atoms with Gasteiger partial charge in [0.1, 0.15) is 12.3 Å². The predicted octanol–water partition coefficient (Wildman–Crippen LogP) is 2.56. The maximum Gasteiger partial charge on any atom is 0.284 e. The van der Waals surface area contributed by atoms with Gasteiger partial charge < -0.3 is 20.8 Å². The lowest BCUT2D eigenvalue weighted by Crippen LogP contribution is -2.48. The second-order valence-electron chi connectivity index (χ2n) is 6.68. The zero-order valence-electron chi connectivity index (χ0n) is 15.1. The van der Waals surface area contributed by atoms with Crippen molar-refractivity contribution in [3.8, 4) is 0 Å². The summed E-state index contributed by atoms with van der Waals surface area (Å²) in [5.74, 6) is 0.940. The maximum absolute atomic E-state index is 11.1. The Morgan fingerprint density at radius 3 is 2.54 bits per heavy atom. The highest BCUT2D eigenvalue weighted by Gasteiger charge is 2.38. The van der Waals surface area contributed by atoms with Crippen LogP contribution in [0.2, 0.25) is 0 Å². The number of hydrogen-bond donors (Lipinski definition) is 3. The van der Waals surface area contributed by atoms with Crippen molar-refractivity contribution in [2.45, 2.75) is 38.1 Å². The number of nitrogens with two attached hydrogens (primary N) is 1. The van der Waals surface area contributed by atoms with Gasteiger partial charge in [-0.05, 0) is 37.5 Å². The van der Waals surface area contributed by atoms with Gasteiger partial charge in [-0.15, -0.1) is 0 Å². The first-order chi connectivity index (χ1) is 12.6. The van der Waals surface area contributed by atoms with Crippen LogP contribution >= 0.6 is 0 Å². The van der Waals surface area contributed by atoms with E-state index in [9.17, 15) is 4.79 Å². The van der Waals surface area contributed by atoms with Gasteiger partial charge in [0.05, 0.1) is 0 Å². The predicted molar refractivity (Wildman–Crippen MR) is 102 cm³/mol. The number of carbonyl (C=O) groups excluding carboxylic acids is 1. The van der Waals surface area contributed by atoms with Gasteiger partial charge in [-0.25, -0.2) is 4.99 Å². The van der Waals surface area contributed by atoms with Gasteiger partial charge in [0.25, 0.3) is 5.91 Å². The first-order valence-corrected chi connectivity index (χ1v) is 9.09. The molecule has 1 saturated carbocycles. The number of rotatable bonds is 7. The van der Waals surface area contributed by atoms with Crippen molar-refractivity contribution in [1.29, 1.82) is 0 Å². The third-order valence-electron chi connectivity index (χ3n) is 4.93. The van der Waals surface area contributed by atoms with Crippen molar-refractivity contribution in [3.63, 3.8) is 0 Å². The van der Waals surface area contributed by atoms with Crippen LogP contribution in [0.25, 0.3) is 0 Å². The lowest BCUT2D eigenvalue weighted by molar-refractivity contribution is 0.0972. The van der Waals surface area contributed by atoms with Crippen molar-refractivity contribution in [2.24, 2.45) is 10.7 Å². The lowest BCUT2D eigenvalue weighted by atomic mass is 9.64. The van der Waals surface area contributed by atoms with Crippen molar-refractivity contribution in [3.05, 3.63) is 59.5 Å². The van der Waals surface area contributed by atoms with Crippen LogP contribution in [-0.4, -0.2) is 25.0 Å². The first kappa shape index (κ1) is 18.0. The van der Waals surface area contributed by atoms with E-state index < -0.39 is 5.91 Å². The lowest BCUT2D eigenvalue weighted by Gasteiger charge is -2.43. The molecular weight excluding hydrogens is 328 g/mol. The molecule has 1 aromatic carbocycles. The summed E-state index contributed by atoms with van der Waals surface area (Å²) in [5, 5.41) is 6.73. The molecule has 138 valence electrons. The van der Waals surface area contributed by atoms with Crippen LogP contribution < -0.4 is 16.4 Å². The first-order valence-electron chi connectivity index (χ1n) is 9.09. The fourth-order valence-electron chi connectivity index (χ4n) is 3.31. The molecule has 0 aliphatic heterocycles. The highest BCUT2D eigenvalue weighted by Crippen LogP contribution is 2.43. The maximum atomic E-state index is 11.1. The molecule has 4 N–H and O–H groups in total. The van der Waals surface area contributed by atoms with Crippen LogP contribution in [0.4, 0.5) is 0 Å². The number of aliphatic imine (C=N–C) groups is 1. The highest BCUT2D eigenvalue weighted by atomic mass is 16.3. The molecule has 0 saturated heterocycles. The topological polar surface area (TPSA) is 92.6 Å². The van der Waals surface area contributed by atoms with Gasteiger partial charge >= 0.3 is 0 Å². The molecule has 3 rings (SSSR count). The summed E-state index contributed by atoms with van der Waals surface area (Å²) in [6.07, 6.45) is 3.62.